The van der Waals surface area contributed by atoms with Gasteiger partial charge in [0.25, 0.3) is 11.6 Å². The number of nitrogens with zero attached hydrogens (tertiary/aromatic N) is 2. The monoisotopic (exact) mass is 512 g/mol. The van der Waals surface area contributed by atoms with Gasteiger partial charge in [-0.05, 0) is 85.7 Å². The van der Waals surface area contributed by atoms with Crippen molar-refractivity contribution in [1.29, 1.82) is 0 Å². The third-order valence-electron chi connectivity index (χ3n) is 5.82. The minimum absolute atomic E-state index is 0.0395. The Morgan fingerprint density at radius 2 is 1.78 bits per heavy atom. The summed E-state index contributed by atoms with van der Waals surface area (Å²) in [6.07, 6.45) is 0. The van der Waals surface area contributed by atoms with E-state index in [9.17, 15) is 14.9 Å². The first-order valence-corrected chi connectivity index (χ1v) is 11.6. The van der Waals surface area contributed by atoms with Crippen molar-refractivity contribution < 1.29 is 18.6 Å². The quantitative estimate of drug-likeness (QED) is 0.157. The fourth-order valence-corrected chi connectivity index (χ4v) is 3.99. The van der Waals surface area contributed by atoms with Gasteiger partial charge in [-0.1, -0.05) is 18.2 Å². The molecule has 0 saturated carbocycles. The Morgan fingerprint density at radius 3 is 2.57 bits per heavy atom. The summed E-state index contributed by atoms with van der Waals surface area (Å²) in [4.78, 5) is 28.0. The summed E-state index contributed by atoms with van der Waals surface area (Å²) < 4.78 is 11.5. The average molecular weight is 513 g/mol. The molecule has 2 heterocycles. The number of aryl methyl sites for hydroxylation is 2. The maximum atomic E-state index is 12.6. The van der Waals surface area contributed by atoms with Crippen LogP contribution in [0.4, 0.5) is 11.4 Å². The van der Waals surface area contributed by atoms with Crippen LogP contribution < -0.4 is 10.6 Å². The van der Waals surface area contributed by atoms with Gasteiger partial charge < -0.3 is 14.2 Å². The Kier molecular flexibility index (Phi) is 6.24. The maximum Gasteiger partial charge on any atom is 0.293 e. The van der Waals surface area contributed by atoms with E-state index in [1.54, 1.807) is 36.4 Å². The summed E-state index contributed by atoms with van der Waals surface area (Å²) >= 11 is 5.28. The van der Waals surface area contributed by atoms with E-state index in [0.717, 1.165) is 11.1 Å². The van der Waals surface area contributed by atoms with Crippen molar-refractivity contribution in [2.75, 3.05) is 5.32 Å². The predicted octanol–water partition coefficient (Wildman–Crippen LogP) is 6.41. The summed E-state index contributed by atoms with van der Waals surface area (Å²) in [7, 11) is 0. The van der Waals surface area contributed by atoms with Crippen LogP contribution in [-0.4, -0.2) is 20.9 Å². The van der Waals surface area contributed by atoms with Gasteiger partial charge in [0, 0.05) is 17.3 Å². The number of nitro groups is 1. The van der Waals surface area contributed by atoms with Gasteiger partial charge in [0.15, 0.2) is 16.5 Å². The van der Waals surface area contributed by atoms with Crippen LogP contribution in [0, 0.1) is 24.0 Å². The molecule has 0 unspecified atom stereocenters. The molecule has 5 aromatic rings. The highest BCUT2D eigenvalue weighted by molar-refractivity contribution is 7.80. The van der Waals surface area contributed by atoms with Crippen molar-refractivity contribution in [2.45, 2.75) is 13.8 Å². The lowest BCUT2D eigenvalue weighted by atomic mass is 10.1. The Morgan fingerprint density at radius 1 is 0.973 bits per heavy atom. The number of thiocarbonyl (C=S) groups is 1. The number of para-hydroxylation sites is 1. The summed E-state index contributed by atoms with van der Waals surface area (Å²) in [6, 6.07) is 20.4. The number of benzene rings is 3. The number of aromatic nitrogens is 1. The van der Waals surface area contributed by atoms with Gasteiger partial charge in [-0.25, -0.2) is 4.98 Å². The Hall–Kier alpha value is -4.83. The zero-order valence-electron chi connectivity index (χ0n) is 19.8. The van der Waals surface area contributed by atoms with E-state index in [1.807, 2.05) is 32.0 Å². The molecule has 0 bridgehead atoms. The van der Waals surface area contributed by atoms with Gasteiger partial charge in [-0.2, -0.15) is 0 Å². The highest BCUT2D eigenvalue weighted by Crippen LogP contribution is 2.31. The Bertz CT molecular complexity index is 1690. The molecule has 184 valence electrons. The molecule has 0 aliphatic rings. The van der Waals surface area contributed by atoms with Crippen LogP contribution in [0.5, 0.6) is 0 Å². The lowest BCUT2D eigenvalue weighted by Gasteiger charge is -2.08. The number of carbonyl (C=O) groups is 1. The van der Waals surface area contributed by atoms with Gasteiger partial charge in [0.2, 0.25) is 5.89 Å². The molecule has 3 aromatic carbocycles. The number of carbonyl (C=O) groups excluding carboxylic acids is 1. The summed E-state index contributed by atoms with van der Waals surface area (Å²) in [5.74, 6) is 0.0787. The van der Waals surface area contributed by atoms with Crippen LogP contribution in [0.25, 0.3) is 33.9 Å². The third-order valence-corrected chi connectivity index (χ3v) is 6.03. The number of fused-ring (bicyclic) bond motifs is 1. The van der Waals surface area contributed by atoms with E-state index in [-0.39, 0.29) is 27.9 Å². The van der Waals surface area contributed by atoms with E-state index in [1.165, 1.54) is 23.8 Å². The van der Waals surface area contributed by atoms with Crippen molar-refractivity contribution in [3.63, 3.8) is 0 Å². The van der Waals surface area contributed by atoms with Crippen LogP contribution >= 0.6 is 12.2 Å². The zero-order chi connectivity index (χ0) is 26.1. The van der Waals surface area contributed by atoms with Gasteiger partial charge >= 0.3 is 0 Å². The van der Waals surface area contributed by atoms with Crippen LogP contribution in [0.15, 0.2) is 81.6 Å². The van der Waals surface area contributed by atoms with Gasteiger partial charge in [0.1, 0.15) is 11.3 Å². The molecule has 9 nitrogen and oxygen atoms in total. The topological polar surface area (TPSA) is 123 Å². The van der Waals surface area contributed by atoms with Crippen LogP contribution in [0.2, 0.25) is 0 Å². The number of amides is 1. The summed E-state index contributed by atoms with van der Waals surface area (Å²) in [5, 5.41) is 16.8. The van der Waals surface area contributed by atoms with Crippen molar-refractivity contribution in [1.82, 2.24) is 10.3 Å². The largest absolute Gasteiger partial charge is 0.451 e. The first-order chi connectivity index (χ1) is 17.8. The molecule has 0 aliphatic carbocycles. The lowest BCUT2D eigenvalue weighted by Crippen LogP contribution is -2.33. The summed E-state index contributed by atoms with van der Waals surface area (Å²) in [6.45, 7) is 4.08. The number of nitro benzene ring substituents is 1. The highest BCUT2D eigenvalue weighted by atomic mass is 32.1. The fourth-order valence-electron chi connectivity index (χ4n) is 3.78. The van der Waals surface area contributed by atoms with Crippen molar-refractivity contribution in [3.8, 4) is 22.8 Å². The average Bonchev–Trinajstić information content (AvgIpc) is 3.53. The molecule has 0 atom stereocenters. The molecule has 2 N–H and O–H groups in total. The van der Waals surface area contributed by atoms with Gasteiger partial charge in [-0.3, -0.25) is 20.2 Å². The van der Waals surface area contributed by atoms with E-state index in [0.29, 0.717) is 22.7 Å². The fraction of sp³-hybridized carbons (Fsp3) is 0.0741. The van der Waals surface area contributed by atoms with Crippen LogP contribution in [-0.2, 0) is 0 Å². The molecule has 5 rings (SSSR count). The molecular weight excluding hydrogens is 492 g/mol. The van der Waals surface area contributed by atoms with E-state index < -0.39 is 10.8 Å². The molecule has 0 fully saturated rings. The minimum atomic E-state index is -0.595. The van der Waals surface area contributed by atoms with Gasteiger partial charge in [-0.15, -0.1) is 0 Å². The first-order valence-electron chi connectivity index (χ1n) is 11.2. The third kappa shape index (κ3) is 4.95. The van der Waals surface area contributed by atoms with Crippen LogP contribution in [0.1, 0.15) is 21.7 Å². The standard InChI is InChI=1S/C27H20N4O5S/c1-15-7-8-17(13-16(15)2)26-29-20-14-18(9-10-23(20)36-26)28-27(37)30-25(32)24-12-11-22(35-24)19-5-3-4-6-21(19)31(33)34/h3-14H,1-2H3,(H2,28,30,32,37). The second-order valence-corrected chi connectivity index (χ2v) is 8.76. The lowest BCUT2D eigenvalue weighted by molar-refractivity contribution is -0.384. The number of nitrogens with one attached hydrogen (secondary N) is 2. The van der Waals surface area contributed by atoms with Crippen LogP contribution in [0.3, 0.4) is 0 Å². The van der Waals surface area contributed by atoms with Crippen molar-refractivity contribution >= 4 is 45.7 Å². The predicted molar refractivity (Wildman–Crippen MR) is 143 cm³/mol. The second-order valence-electron chi connectivity index (χ2n) is 8.35. The van der Waals surface area contributed by atoms with E-state index in [2.05, 4.69) is 15.6 Å². The molecule has 0 saturated heterocycles. The molecule has 0 radical (unpaired) electrons. The molecule has 0 aliphatic heterocycles. The zero-order valence-corrected chi connectivity index (χ0v) is 20.6. The number of oxazole rings is 1. The number of hydrogen-bond donors (Lipinski definition) is 2. The van der Waals surface area contributed by atoms with E-state index >= 15 is 0 Å². The maximum absolute atomic E-state index is 12.6. The summed E-state index contributed by atoms with van der Waals surface area (Å²) in [5.41, 5.74) is 5.23. The smallest absolute Gasteiger partial charge is 0.293 e. The Labute approximate surface area is 216 Å². The minimum Gasteiger partial charge on any atom is -0.451 e. The van der Waals surface area contributed by atoms with Crippen molar-refractivity contribution in [3.05, 3.63) is 99.8 Å². The second kappa shape index (κ2) is 9.67. The van der Waals surface area contributed by atoms with Gasteiger partial charge in [0.05, 0.1) is 10.5 Å². The van der Waals surface area contributed by atoms with Crippen molar-refractivity contribution in [2.24, 2.45) is 0 Å². The molecule has 1 amide bonds. The molecule has 37 heavy (non-hydrogen) atoms. The Balaban J connectivity index is 1.28. The SMILES string of the molecule is Cc1ccc(-c2nc3cc(NC(=S)NC(=O)c4ccc(-c5ccccc5[N+](=O)[O-])o4)ccc3o2)cc1C. The number of rotatable bonds is 5. The number of hydrogen-bond acceptors (Lipinski definition) is 7. The molecular formula is C27H20N4O5S. The molecule has 0 spiro atoms. The van der Waals surface area contributed by atoms with E-state index in [4.69, 9.17) is 21.1 Å². The number of anilines is 1. The highest BCUT2D eigenvalue weighted by Gasteiger charge is 2.20. The normalized spacial score (nSPS) is 10.9. The number of furan rings is 1. The molecule has 2 aromatic heterocycles. The first kappa shape index (κ1) is 23.9. The molecule has 10 heteroatoms.